The minimum absolute atomic E-state index is 0.208. The number of para-hydroxylation sites is 2. The highest BCUT2D eigenvalue weighted by atomic mass is 16.2. The third kappa shape index (κ3) is 2.87. The second kappa shape index (κ2) is 6.20. The fourth-order valence-corrected chi connectivity index (χ4v) is 2.79. The maximum atomic E-state index is 12.4. The molecular weight excluding hydrogens is 318 g/mol. The van der Waals surface area contributed by atoms with Gasteiger partial charge in [-0.2, -0.15) is 5.10 Å². The number of hydrogen-bond donors (Lipinski definition) is 3. The van der Waals surface area contributed by atoms with Gasteiger partial charge in [0.25, 0.3) is 11.5 Å². The number of H-pyrrole nitrogens is 2. The number of rotatable bonds is 4. The lowest BCUT2D eigenvalue weighted by Gasteiger charge is -2.05. The molecule has 124 valence electrons. The molecule has 0 radical (unpaired) electrons. The Kier molecular flexibility index (Phi) is 3.74. The van der Waals surface area contributed by atoms with Gasteiger partial charge in [0.2, 0.25) is 0 Å². The van der Waals surface area contributed by atoms with E-state index in [0.29, 0.717) is 23.7 Å². The summed E-state index contributed by atoms with van der Waals surface area (Å²) in [6.45, 7) is 0.411. The summed E-state index contributed by atoms with van der Waals surface area (Å²) >= 11 is 0. The van der Waals surface area contributed by atoms with E-state index < -0.39 is 0 Å². The molecule has 0 fully saturated rings. The quantitative estimate of drug-likeness (QED) is 0.529. The summed E-state index contributed by atoms with van der Waals surface area (Å²) in [5, 5.41) is 10.1. The van der Waals surface area contributed by atoms with Crippen molar-refractivity contribution in [2.75, 3.05) is 6.54 Å². The van der Waals surface area contributed by atoms with E-state index >= 15 is 0 Å². The van der Waals surface area contributed by atoms with Gasteiger partial charge in [0.15, 0.2) is 5.69 Å². The summed E-state index contributed by atoms with van der Waals surface area (Å²) in [6.07, 6.45) is 0.571. The monoisotopic (exact) mass is 333 g/mol. The first kappa shape index (κ1) is 15.1. The van der Waals surface area contributed by atoms with Crippen LogP contribution in [0.3, 0.4) is 0 Å². The molecule has 0 atom stereocenters. The molecule has 0 spiro atoms. The Hall–Kier alpha value is -3.48. The fraction of sp³-hybridized carbons (Fsp3) is 0.111. The molecule has 0 aliphatic heterocycles. The van der Waals surface area contributed by atoms with Crippen LogP contribution in [0.1, 0.15) is 16.3 Å². The number of aromatic amines is 2. The van der Waals surface area contributed by atoms with Crippen molar-refractivity contribution in [1.82, 2.24) is 25.5 Å². The van der Waals surface area contributed by atoms with Gasteiger partial charge in [-0.15, -0.1) is 0 Å². The van der Waals surface area contributed by atoms with E-state index in [0.717, 1.165) is 16.9 Å². The minimum atomic E-state index is -0.330. The predicted molar refractivity (Wildman–Crippen MR) is 94.5 cm³/mol. The Morgan fingerprint density at radius 1 is 1.04 bits per heavy atom. The molecule has 0 aliphatic carbocycles. The molecule has 2 aromatic carbocycles. The second-order valence-electron chi connectivity index (χ2n) is 5.65. The zero-order valence-electron chi connectivity index (χ0n) is 13.2. The summed E-state index contributed by atoms with van der Waals surface area (Å²) in [5.74, 6) is 0.476. The van der Waals surface area contributed by atoms with Crippen LogP contribution in [0.4, 0.5) is 0 Å². The molecule has 2 heterocycles. The normalized spacial score (nSPS) is 11.0. The molecule has 2 aromatic heterocycles. The van der Waals surface area contributed by atoms with E-state index in [9.17, 15) is 9.59 Å². The van der Waals surface area contributed by atoms with E-state index in [1.165, 1.54) is 0 Å². The number of benzene rings is 2. The van der Waals surface area contributed by atoms with E-state index in [1.54, 1.807) is 24.3 Å². The molecule has 4 rings (SSSR count). The first-order valence-electron chi connectivity index (χ1n) is 7.91. The van der Waals surface area contributed by atoms with E-state index in [2.05, 4.69) is 25.5 Å². The molecule has 7 heteroatoms. The van der Waals surface area contributed by atoms with Crippen molar-refractivity contribution in [3.05, 3.63) is 70.4 Å². The highest BCUT2D eigenvalue weighted by Gasteiger charge is 2.13. The van der Waals surface area contributed by atoms with Crippen molar-refractivity contribution in [1.29, 1.82) is 0 Å². The van der Waals surface area contributed by atoms with Crippen LogP contribution in [0.2, 0.25) is 0 Å². The number of hydrogen-bond acceptors (Lipinski definition) is 4. The van der Waals surface area contributed by atoms with E-state index in [-0.39, 0.29) is 17.2 Å². The van der Waals surface area contributed by atoms with Crippen LogP contribution in [0, 0.1) is 0 Å². The van der Waals surface area contributed by atoms with Crippen LogP contribution in [0.5, 0.6) is 0 Å². The summed E-state index contributed by atoms with van der Waals surface area (Å²) in [7, 11) is 0. The number of imidazole rings is 1. The average molecular weight is 333 g/mol. The smallest absolute Gasteiger partial charge is 0.272 e. The van der Waals surface area contributed by atoms with Gasteiger partial charge in [-0.05, 0) is 18.2 Å². The minimum Gasteiger partial charge on any atom is -0.350 e. The van der Waals surface area contributed by atoms with Crippen LogP contribution in [-0.2, 0) is 6.42 Å². The number of fused-ring (bicyclic) bond motifs is 2. The topological polar surface area (TPSA) is 104 Å². The van der Waals surface area contributed by atoms with Crippen LogP contribution < -0.4 is 10.9 Å². The van der Waals surface area contributed by atoms with Gasteiger partial charge in [0.05, 0.1) is 16.4 Å². The Labute approximate surface area is 142 Å². The third-order valence-electron chi connectivity index (χ3n) is 4.00. The average Bonchev–Trinajstić information content (AvgIpc) is 3.05. The van der Waals surface area contributed by atoms with E-state index in [1.807, 2.05) is 24.3 Å². The highest BCUT2D eigenvalue weighted by molar-refractivity contribution is 6.04. The van der Waals surface area contributed by atoms with Crippen molar-refractivity contribution >= 4 is 27.7 Å². The first-order valence-corrected chi connectivity index (χ1v) is 7.91. The molecular formula is C18H15N5O2. The highest BCUT2D eigenvalue weighted by Crippen LogP contribution is 2.12. The summed E-state index contributed by atoms with van der Waals surface area (Å²) < 4.78 is 0. The number of nitrogens with one attached hydrogen (secondary N) is 3. The SMILES string of the molecule is O=C(NCCc1nc2ccccc2[nH]1)c1n[nH]c(=O)c2ccccc12. The molecule has 3 N–H and O–H groups in total. The number of carbonyl (C=O) groups is 1. The lowest BCUT2D eigenvalue weighted by molar-refractivity contribution is 0.0950. The number of amides is 1. The Balaban J connectivity index is 1.49. The number of nitrogens with zero attached hydrogens (tertiary/aromatic N) is 2. The van der Waals surface area contributed by atoms with Crippen LogP contribution in [0.15, 0.2) is 53.3 Å². The first-order chi connectivity index (χ1) is 12.2. The number of aromatic nitrogens is 4. The maximum absolute atomic E-state index is 12.4. The van der Waals surface area contributed by atoms with Crippen LogP contribution in [-0.4, -0.2) is 32.6 Å². The van der Waals surface area contributed by atoms with Crippen molar-refractivity contribution < 1.29 is 4.79 Å². The molecule has 7 nitrogen and oxygen atoms in total. The molecule has 0 aliphatic rings. The van der Waals surface area contributed by atoms with Gasteiger partial charge in [-0.1, -0.05) is 30.3 Å². The van der Waals surface area contributed by atoms with E-state index in [4.69, 9.17) is 0 Å². The van der Waals surface area contributed by atoms with Gasteiger partial charge in [-0.3, -0.25) is 9.59 Å². The second-order valence-corrected chi connectivity index (χ2v) is 5.65. The Morgan fingerprint density at radius 3 is 2.64 bits per heavy atom. The standard InChI is InChI=1S/C18H15N5O2/c24-17-12-6-2-1-5-11(12)16(22-23-17)18(25)19-10-9-15-20-13-7-3-4-8-14(13)21-15/h1-8H,9-10H2,(H,19,25)(H,20,21)(H,23,24). The van der Waals surface area contributed by atoms with Gasteiger partial charge < -0.3 is 10.3 Å². The molecule has 0 saturated carbocycles. The van der Waals surface area contributed by atoms with Gasteiger partial charge >= 0.3 is 0 Å². The summed E-state index contributed by atoms with van der Waals surface area (Å²) in [4.78, 5) is 31.9. The molecule has 0 saturated heterocycles. The third-order valence-corrected chi connectivity index (χ3v) is 4.00. The molecule has 4 aromatic rings. The fourth-order valence-electron chi connectivity index (χ4n) is 2.79. The molecule has 0 unspecified atom stereocenters. The Morgan fingerprint density at radius 2 is 1.80 bits per heavy atom. The van der Waals surface area contributed by atoms with Gasteiger partial charge in [0, 0.05) is 18.4 Å². The van der Waals surface area contributed by atoms with Crippen molar-refractivity contribution in [2.24, 2.45) is 0 Å². The molecule has 1 amide bonds. The summed E-state index contributed by atoms with van der Waals surface area (Å²) in [5.41, 5.74) is 1.77. The van der Waals surface area contributed by atoms with Crippen LogP contribution in [0.25, 0.3) is 21.8 Å². The predicted octanol–water partition coefficient (Wildman–Crippen LogP) is 1.77. The Bertz CT molecular complexity index is 1100. The van der Waals surface area contributed by atoms with Crippen LogP contribution >= 0.6 is 0 Å². The maximum Gasteiger partial charge on any atom is 0.272 e. The number of carbonyl (C=O) groups excluding carboxylic acids is 1. The molecule has 25 heavy (non-hydrogen) atoms. The zero-order valence-corrected chi connectivity index (χ0v) is 13.2. The van der Waals surface area contributed by atoms with Gasteiger partial charge in [-0.25, -0.2) is 10.1 Å². The lowest BCUT2D eigenvalue weighted by atomic mass is 10.1. The largest absolute Gasteiger partial charge is 0.350 e. The lowest BCUT2D eigenvalue weighted by Crippen LogP contribution is -2.28. The van der Waals surface area contributed by atoms with Crippen molar-refractivity contribution in [3.8, 4) is 0 Å². The zero-order chi connectivity index (χ0) is 17.2. The van der Waals surface area contributed by atoms with Crippen molar-refractivity contribution in [2.45, 2.75) is 6.42 Å². The van der Waals surface area contributed by atoms with Gasteiger partial charge in [0.1, 0.15) is 5.82 Å². The summed E-state index contributed by atoms with van der Waals surface area (Å²) in [6, 6.07) is 14.7. The molecule has 0 bridgehead atoms. The van der Waals surface area contributed by atoms with Crippen molar-refractivity contribution in [3.63, 3.8) is 0 Å².